The van der Waals surface area contributed by atoms with Crippen LogP contribution in [0.4, 0.5) is 4.39 Å². The molecule has 3 N–H and O–H groups in total. The molecule has 1 atom stereocenters. The van der Waals surface area contributed by atoms with Crippen LogP contribution in [0.1, 0.15) is 28.9 Å². The number of amides is 1. The quantitative estimate of drug-likeness (QED) is 0.359. The predicted octanol–water partition coefficient (Wildman–Crippen LogP) is 4.86. The lowest BCUT2D eigenvalue weighted by Gasteiger charge is -2.18. The van der Waals surface area contributed by atoms with Crippen LogP contribution in [-0.4, -0.2) is 27.9 Å². The van der Waals surface area contributed by atoms with Gasteiger partial charge in [0.2, 0.25) is 0 Å². The molecule has 0 unspecified atom stereocenters. The molecule has 0 saturated heterocycles. The van der Waals surface area contributed by atoms with Crippen molar-refractivity contribution >= 4 is 40.1 Å². The summed E-state index contributed by atoms with van der Waals surface area (Å²) in [5, 5.41) is 2.69. The van der Waals surface area contributed by atoms with E-state index in [0.29, 0.717) is 33.7 Å². The molecule has 0 spiro atoms. The van der Waals surface area contributed by atoms with E-state index in [0.717, 1.165) is 0 Å². The zero-order chi connectivity index (χ0) is 23.0. The molecule has 0 fully saturated rings. The zero-order valence-corrected chi connectivity index (χ0v) is 18.4. The van der Waals surface area contributed by atoms with Crippen molar-refractivity contribution in [1.29, 1.82) is 0 Å². The van der Waals surface area contributed by atoms with Crippen LogP contribution in [0.5, 0.6) is 5.75 Å². The number of imidazole rings is 1. The number of H-pyrrole nitrogens is 2. The first-order valence-electron chi connectivity index (χ1n) is 9.53. The third-order valence-electron chi connectivity index (χ3n) is 4.90. The Bertz CT molecular complexity index is 1400. The second kappa shape index (κ2) is 8.64. The molecular weight excluding hydrogens is 458 g/mol. The summed E-state index contributed by atoms with van der Waals surface area (Å²) in [5.74, 6) is -0.243. The molecule has 7 nitrogen and oxygen atoms in total. The number of ether oxygens (including phenoxy) is 1. The minimum atomic E-state index is -0.699. The molecule has 0 aliphatic rings. The van der Waals surface area contributed by atoms with E-state index in [-0.39, 0.29) is 21.5 Å². The highest BCUT2D eigenvalue weighted by Crippen LogP contribution is 2.35. The van der Waals surface area contributed by atoms with E-state index >= 15 is 0 Å². The first kappa shape index (κ1) is 21.9. The van der Waals surface area contributed by atoms with Crippen molar-refractivity contribution < 1.29 is 13.9 Å². The van der Waals surface area contributed by atoms with Gasteiger partial charge in [0.05, 0.1) is 21.6 Å². The van der Waals surface area contributed by atoms with Crippen LogP contribution in [0, 0.1) is 5.82 Å². The maximum atomic E-state index is 13.9. The lowest BCUT2D eigenvalue weighted by Crippen LogP contribution is -2.17. The first-order chi connectivity index (χ1) is 15.3. The molecule has 4 rings (SSSR count). The number of fused-ring (bicyclic) bond motifs is 1. The molecule has 2 aromatic carbocycles. The third-order valence-corrected chi connectivity index (χ3v) is 5.62. The number of hydrogen-bond donors (Lipinski definition) is 3. The van der Waals surface area contributed by atoms with Gasteiger partial charge in [-0.05, 0) is 43.3 Å². The van der Waals surface area contributed by atoms with Crippen molar-refractivity contribution in [3.63, 3.8) is 0 Å². The van der Waals surface area contributed by atoms with Gasteiger partial charge in [0.15, 0.2) is 0 Å². The minimum Gasteiger partial charge on any atom is -0.484 e. The van der Waals surface area contributed by atoms with Crippen molar-refractivity contribution in [2.45, 2.75) is 13.0 Å². The van der Waals surface area contributed by atoms with Crippen LogP contribution in [-0.2, 0) is 0 Å². The highest BCUT2D eigenvalue weighted by atomic mass is 35.5. The predicted molar refractivity (Wildman–Crippen MR) is 121 cm³/mol. The average molecular weight is 475 g/mol. The number of carbonyl (C=O) groups excluding carboxylic acids is 1. The molecule has 0 saturated carbocycles. The summed E-state index contributed by atoms with van der Waals surface area (Å²) in [6.07, 6.45) is 0.686. The molecule has 0 aliphatic carbocycles. The lowest BCUT2D eigenvalue weighted by molar-refractivity contribution is 0.0963. The van der Waals surface area contributed by atoms with E-state index in [4.69, 9.17) is 27.9 Å². The maximum Gasteiger partial charge on any atom is 0.259 e. The number of carbonyl (C=O) groups is 1. The van der Waals surface area contributed by atoms with Crippen LogP contribution in [0.15, 0.2) is 47.4 Å². The Kier molecular flexibility index (Phi) is 5.90. The van der Waals surface area contributed by atoms with Gasteiger partial charge in [0, 0.05) is 29.4 Å². The van der Waals surface area contributed by atoms with Crippen LogP contribution < -0.4 is 15.6 Å². The van der Waals surface area contributed by atoms with Gasteiger partial charge in [-0.25, -0.2) is 9.37 Å². The second-order valence-corrected chi connectivity index (χ2v) is 7.78. The van der Waals surface area contributed by atoms with Crippen LogP contribution in [0.2, 0.25) is 10.0 Å². The van der Waals surface area contributed by atoms with E-state index in [9.17, 15) is 14.0 Å². The summed E-state index contributed by atoms with van der Waals surface area (Å²) < 4.78 is 19.7. The van der Waals surface area contributed by atoms with Crippen LogP contribution in [0.3, 0.4) is 0 Å². The van der Waals surface area contributed by atoms with Gasteiger partial charge in [0.1, 0.15) is 23.5 Å². The summed E-state index contributed by atoms with van der Waals surface area (Å²) >= 11 is 12.2. The van der Waals surface area contributed by atoms with Crippen molar-refractivity contribution in [2.24, 2.45) is 0 Å². The van der Waals surface area contributed by atoms with Gasteiger partial charge < -0.3 is 20.0 Å². The van der Waals surface area contributed by atoms with Gasteiger partial charge in [-0.3, -0.25) is 9.59 Å². The molecule has 2 heterocycles. The Morgan fingerprint density at radius 1 is 1.22 bits per heavy atom. The van der Waals surface area contributed by atoms with Gasteiger partial charge in [-0.1, -0.05) is 23.2 Å². The molecule has 0 radical (unpaired) electrons. The fourth-order valence-corrected chi connectivity index (χ4v) is 3.99. The largest absolute Gasteiger partial charge is 0.484 e. The number of rotatable bonds is 5. The molecule has 32 heavy (non-hydrogen) atoms. The standard InChI is InChI=1S/C22H17Cl2FN4O3/c1-10(18-14(23)4-5-15(25)19(18)24)32-12-8-13(22(31)27-9-12)20-28-16-6-3-11(21(30)26-2)7-17(16)29-20/h3-10H,1-2H3,(H,26,30)(H,27,31)(H,28,29)/t10-/m1/s1. The molecule has 2 aromatic heterocycles. The van der Waals surface area contributed by atoms with E-state index in [1.54, 1.807) is 32.2 Å². The number of nitrogens with zero attached hydrogens (tertiary/aromatic N) is 1. The van der Waals surface area contributed by atoms with Crippen molar-refractivity contribution in [2.75, 3.05) is 7.05 Å². The van der Waals surface area contributed by atoms with Crippen molar-refractivity contribution in [1.82, 2.24) is 20.3 Å². The minimum absolute atomic E-state index is 0.126. The van der Waals surface area contributed by atoms with Crippen molar-refractivity contribution in [3.05, 3.63) is 79.9 Å². The molecule has 1 amide bonds. The van der Waals surface area contributed by atoms with Gasteiger partial charge in [0.25, 0.3) is 11.5 Å². The van der Waals surface area contributed by atoms with Crippen molar-refractivity contribution in [3.8, 4) is 17.1 Å². The number of aromatic amines is 2. The number of pyridine rings is 1. The summed E-state index contributed by atoms with van der Waals surface area (Å²) in [7, 11) is 1.54. The number of halogens is 3. The van der Waals surface area contributed by atoms with E-state index in [1.807, 2.05) is 0 Å². The van der Waals surface area contributed by atoms with E-state index in [2.05, 4.69) is 20.3 Å². The van der Waals surface area contributed by atoms with Crippen LogP contribution in [0.25, 0.3) is 22.4 Å². The van der Waals surface area contributed by atoms with Crippen LogP contribution >= 0.6 is 23.2 Å². The Morgan fingerprint density at radius 3 is 2.75 bits per heavy atom. The summed E-state index contributed by atoms with van der Waals surface area (Å²) in [5.41, 5.74) is 1.77. The molecule has 164 valence electrons. The third kappa shape index (κ3) is 4.06. The Morgan fingerprint density at radius 2 is 2.00 bits per heavy atom. The normalized spacial score (nSPS) is 12.0. The lowest BCUT2D eigenvalue weighted by atomic mass is 10.1. The highest BCUT2D eigenvalue weighted by Gasteiger charge is 2.20. The molecular formula is C22H17Cl2FN4O3. The number of nitrogens with one attached hydrogen (secondary N) is 3. The zero-order valence-electron chi connectivity index (χ0n) is 16.9. The SMILES string of the molecule is CNC(=O)c1ccc2nc(-c3cc(O[C@H](C)c4c(Cl)ccc(F)c4Cl)c[nH]c3=O)[nH]c2c1. The van der Waals surface area contributed by atoms with Gasteiger partial charge in [-0.2, -0.15) is 0 Å². The average Bonchev–Trinajstić information content (AvgIpc) is 3.20. The highest BCUT2D eigenvalue weighted by molar-refractivity contribution is 6.36. The smallest absolute Gasteiger partial charge is 0.259 e. The Hall–Kier alpha value is -3.36. The topological polar surface area (TPSA) is 99.9 Å². The van der Waals surface area contributed by atoms with Gasteiger partial charge in [-0.15, -0.1) is 0 Å². The van der Waals surface area contributed by atoms with Gasteiger partial charge >= 0.3 is 0 Å². The number of aromatic nitrogens is 3. The monoisotopic (exact) mass is 474 g/mol. The fourth-order valence-electron chi connectivity index (χ4n) is 3.31. The Labute approximate surface area is 191 Å². The number of benzene rings is 2. The molecule has 10 heteroatoms. The summed E-state index contributed by atoms with van der Waals surface area (Å²) in [4.78, 5) is 34.4. The molecule has 4 aromatic rings. The molecule has 0 bridgehead atoms. The summed E-state index contributed by atoms with van der Waals surface area (Å²) in [6, 6.07) is 9.06. The Balaban J connectivity index is 1.68. The summed E-state index contributed by atoms with van der Waals surface area (Å²) in [6.45, 7) is 1.67. The first-order valence-corrected chi connectivity index (χ1v) is 10.3. The fraction of sp³-hybridized carbons (Fsp3) is 0.136. The number of hydrogen-bond acceptors (Lipinski definition) is 4. The maximum absolute atomic E-state index is 13.9. The van der Waals surface area contributed by atoms with E-state index < -0.39 is 17.5 Å². The van der Waals surface area contributed by atoms with E-state index in [1.165, 1.54) is 24.4 Å². The second-order valence-electron chi connectivity index (χ2n) is 6.99. The molecule has 0 aliphatic heterocycles.